The molecule has 1 heterocycles. The molecular formula is C8H12N2O2. The van der Waals surface area contributed by atoms with Crippen LogP contribution in [-0.2, 0) is 0 Å². The summed E-state index contributed by atoms with van der Waals surface area (Å²) in [5, 5.41) is 9.31. The van der Waals surface area contributed by atoms with Crippen LogP contribution >= 0.6 is 0 Å². The van der Waals surface area contributed by atoms with Crippen LogP contribution in [0.2, 0.25) is 0 Å². The number of ether oxygens (including phenoxy) is 1. The van der Waals surface area contributed by atoms with E-state index in [4.69, 9.17) is 10.5 Å². The van der Waals surface area contributed by atoms with Gasteiger partial charge in [0.15, 0.2) is 0 Å². The summed E-state index contributed by atoms with van der Waals surface area (Å²) >= 11 is 0. The van der Waals surface area contributed by atoms with Gasteiger partial charge in [-0.3, -0.25) is 4.98 Å². The Morgan fingerprint density at radius 2 is 2.50 bits per heavy atom. The van der Waals surface area contributed by atoms with Crippen LogP contribution < -0.4 is 10.5 Å². The first kappa shape index (κ1) is 8.96. The standard InChI is InChI=1S/C8H12N2O2/c1-12-6-2-3-10-7(4-6)8(11)5-9/h2-4,8,11H,5,9H2,1H3. The van der Waals surface area contributed by atoms with Crippen molar-refractivity contribution in [2.75, 3.05) is 13.7 Å². The second kappa shape index (κ2) is 4.04. The number of aliphatic hydroxyl groups is 1. The van der Waals surface area contributed by atoms with E-state index in [2.05, 4.69) is 4.98 Å². The predicted molar refractivity (Wildman–Crippen MR) is 44.8 cm³/mol. The minimum absolute atomic E-state index is 0.167. The number of hydrogen-bond donors (Lipinski definition) is 2. The van der Waals surface area contributed by atoms with Gasteiger partial charge < -0.3 is 15.6 Å². The predicted octanol–water partition coefficient (Wildman–Crippen LogP) is 0.0823. The summed E-state index contributed by atoms with van der Waals surface area (Å²) in [5.74, 6) is 0.674. The van der Waals surface area contributed by atoms with Crippen LogP contribution in [0.5, 0.6) is 5.75 Å². The number of nitrogens with zero attached hydrogens (tertiary/aromatic N) is 1. The van der Waals surface area contributed by atoms with Crippen molar-refractivity contribution in [3.8, 4) is 5.75 Å². The molecular weight excluding hydrogens is 156 g/mol. The summed E-state index contributed by atoms with van der Waals surface area (Å²) in [6, 6.07) is 3.38. The van der Waals surface area contributed by atoms with E-state index in [0.717, 1.165) is 0 Å². The Hall–Kier alpha value is -1.13. The van der Waals surface area contributed by atoms with Gasteiger partial charge in [-0.1, -0.05) is 0 Å². The second-order valence-electron chi connectivity index (χ2n) is 2.37. The van der Waals surface area contributed by atoms with E-state index in [1.807, 2.05) is 0 Å². The number of methoxy groups -OCH3 is 1. The summed E-state index contributed by atoms with van der Waals surface area (Å²) in [4.78, 5) is 3.95. The molecule has 1 rings (SSSR count). The Kier molecular flexibility index (Phi) is 3.01. The fourth-order valence-electron chi connectivity index (χ4n) is 0.858. The van der Waals surface area contributed by atoms with Crippen molar-refractivity contribution in [3.05, 3.63) is 24.0 Å². The maximum absolute atomic E-state index is 9.31. The number of pyridine rings is 1. The summed E-state index contributed by atoms with van der Waals surface area (Å²) in [6.07, 6.45) is 0.868. The minimum Gasteiger partial charge on any atom is -0.497 e. The van der Waals surface area contributed by atoms with Gasteiger partial charge in [0.25, 0.3) is 0 Å². The molecule has 1 atom stereocenters. The molecule has 0 saturated carbocycles. The fourth-order valence-corrected chi connectivity index (χ4v) is 0.858. The third kappa shape index (κ3) is 1.93. The summed E-state index contributed by atoms with van der Waals surface area (Å²) in [6.45, 7) is 0.167. The van der Waals surface area contributed by atoms with Crippen molar-refractivity contribution in [3.63, 3.8) is 0 Å². The number of aliphatic hydroxyl groups excluding tert-OH is 1. The van der Waals surface area contributed by atoms with Crippen LogP contribution in [0.3, 0.4) is 0 Å². The maximum atomic E-state index is 9.31. The van der Waals surface area contributed by atoms with E-state index >= 15 is 0 Å². The first-order valence-corrected chi connectivity index (χ1v) is 3.66. The molecule has 0 saturated heterocycles. The third-order valence-corrected chi connectivity index (χ3v) is 1.55. The van der Waals surface area contributed by atoms with Crippen molar-refractivity contribution in [1.82, 2.24) is 4.98 Å². The highest BCUT2D eigenvalue weighted by molar-refractivity contribution is 5.23. The normalized spacial score (nSPS) is 12.6. The molecule has 1 unspecified atom stereocenters. The number of nitrogens with two attached hydrogens (primary N) is 1. The Bertz CT molecular complexity index is 253. The molecule has 66 valence electrons. The van der Waals surface area contributed by atoms with Crippen LogP contribution in [-0.4, -0.2) is 23.7 Å². The zero-order chi connectivity index (χ0) is 8.97. The molecule has 4 heteroatoms. The highest BCUT2D eigenvalue weighted by Gasteiger charge is 2.06. The highest BCUT2D eigenvalue weighted by Crippen LogP contribution is 2.14. The second-order valence-corrected chi connectivity index (χ2v) is 2.37. The number of rotatable bonds is 3. The SMILES string of the molecule is COc1ccnc(C(O)CN)c1. The Morgan fingerprint density at radius 3 is 3.08 bits per heavy atom. The highest BCUT2D eigenvalue weighted by atomic mass is 16.5. The molecule has 0 amide bonds. The molecule has 1 aromatic heterocycles. The minimum atomic E-state index is -0.708. The molecule has 3 N–H and O–H groups in total. The van der Waals surface area contributed by atoms with E-state index in [9.17, 15) is 5.11 Å². The average molecular weight is 168 g/mol. The van der Waals surface area contributed by atoms with E-state index in [-0.39, 0.29) is 6.54 Å². The lowest BCUT2D eigenvalue weighted by atomic mass is 10.2. The van der Waals surface area contributed by atoms with Crippen molar-refractivity contribution < 1.29 is 9.84 Å². The molecule has 0 aromatic carbocycles. The van der Waals surface area contributed by atoms with E-state index in [0.29, 0.717) is 11.4 Å². The largest absolute Gasteiger partial charge is 0.497 e. The molecule has 1 aromatic rings. The van der Waals surface area contributed by atoms with E-state index in [1.165, 1.54) is 0 Å². The molecule has 0 fully saturated rings. The number of hydrogen-bond acceptors (Lipinski definition) is 4. The van der Waals surface area contributed by atoms with Crippen molar-refractivity contribution in [2.45, 2.75) is 6.10 Å². The molecule has 4 nitrogen and oxygen atoms in total. The number of aromatic nitrogens is 1. The molecule has 0 radical (unpaired) electrons. The topological polar surface area (TPSA) is 68.4 Å². The van der Waals surface area contributed by atoms with Crippen molar-refractivity contribution >= 4 is 0 Å². The molecule has 12 heavy (non-hydrogen) atoms. The summed E-state index contributed by atoms with van der Waals surface area (Å²) in [5.41, 5.74) is 5.80. The molecule has 0 aliphatic heterocycles. The Labute approximate surface area is 71.0 Å². The summed E-state index contributed by atoms with van der Waals surface area (Å²) in [7, 11) is 1.56. The first-order valence-electron chi connectivity index (χ1n) is 3.66. The first-order chi connectivity index (χ1) is 5.77. The molecule has 0 spiro atoms. The Balaban J connectivity index is 2.86. The van der Waals surface area contributed by atoms with Crippen LogP contribution in [0.25, 0.3) is 0 Å². The lowest BCUT2D eigenvalue weighted by Gasteiger charge is -2.07. The van der Waals surface area contributed by atoms with Gasteiger partial charge in [-0.05, 0) is 6.07 Å². The van der Waals surface area contributed by atoms with Gasteiger partial charge in [0.2, 0.25) is 0 Å². The average Bonchev–Trinajstić information content (AvgIpc) is 2.17. The maximum Gasteiger partial charge on any atom is 0.122 e. The van der Waals surface area contributed by atoms with Gasteiger partial charge in [0.05, 0.1) is 12.8 Å². The molecule has 0 aliphatic carbocycles. The van der Waals surface area contributed by atoms with Gasteiger partial charge in [-0.15, -0.1) is 0 Å². The fraction of sp³-hybridized carbons (Fsp3) is 0.375. The van der Waals surface area contributed by atoms with E-state index < -0.39 is 6.10 Å². The zero-order valence-electron chi connectivity index (χ0n) is 6.90. The Morgan fingerprint density at radius 1 is 1.75 bits per heavy atom. The van der Waals surface area contributed by atoms with E-state index in [1.54, 1.807) is 25.4 Å². The van der Waals surface area contributed by atoms with Crippen molar-refractivity contribution in [1.29, 1.82) is 0 Å². The third-order valence-electron chi connectivity index (χ3n) is 1.55. The van der Waals surface area contributed by atoms with Gasteiger partial charge in [0.1, 0.15) is 11.9 Å². The monoisotopic (exact) mass is 168 g/mol. The summed E-state index contributed by atoms with van der Waals surface area (Å²) < 4.78 is 4.96. The van der Waals surface area contributed by atoms with Crippen LogP contribution in [0.1, 0.15) is 11.8 Å². The lowest BCUT2D eigenvalue weighted by Crippen LogP contribution is -2.12. The quantitative estimate of drug-likeness (QED) is 0.670. The smallest absolute Gasteiger partial charge is 0.122 e. The van der Waals surface area contributed by atoms with Gasteiger partial charge >= 0.3 is 0 Å². The van der Waals surface area contributed by atoms with Crippen LogP contribution in [0, 0.1) is 0 Å². The molecule has 0 bridgehead atoms. The van der Waals surface area contributed by atoms with Gasteiger partial charge in [-0.2, -0.15) is 0 Å². The van der Waals surface area contributed by atoms with Crippen molar-refractivity contribution in [2.24, 2.45) is 5.73 Å². The van der Waals surface area contributed by atoms with Crippen LogP contribution in [0.4, 0.5) is 0 Å². The lowest BCUT2D eigenvalue weighted by molar-refractivity contribution is 0.181. The van der Waals surface area contributed by atoms with Gasteiger partial charge in [-0.25, -0.2) is 0 Å². The molecule has 0 aliphatic rings. The van der Waals surface area contributed by atoms with Crippen LogP contribution in [0.15, 0.2) is 18.3 Å². The van der Waals surface area contributed by atoms with Gasteiger partial charge in [0, 0.05) is 18.8 Å². The zero-order valence-corrected chi connectivity index (χ0v) is 6.90.